The first-order valence-electron chi connectivity index (χ1n) is 4.16. The average Bonchev–Trinajstić information content (AvgIpc) is 2.23. The SMILES string of the molecule is CN/C(=C\N=O)Cc1cnc(Cl)c(Cl)c1. The van der Waals surface area contributed by atoms with Crippen LogP contribution < -0.4 is 5.32 Å². The van der Waals surface area contributed by atoms with Crippen molar-refractivity contribution in [1.29, 1.82) is 0 Å². The van der Waals surface area contributed by atoms with E-state index >= 15 is 0 Å². The van der Waals surface area contributed by atoms with E-state index in [4.69, 9.17) is 23.2 Å². The maximum absolute atomic E-state index is 10.1. The molecular formula is C9H9Cl2N3O. The summed E-state index contributed by atoms with van der Waals surface area (Å²) in [4.78, 5) is 14.0. The maximum Gasteiger partial charge on any atom is 0.147 e. The largest absolute Gasteiger partial charge is 0.390 e. The van der Waals surface area contributed by atoms with Gasteiger partial charge in [0.15, 0.2) is 0 Å². The molecule has 0 aliphatic carbocycles. The van der Waals surface area contributed by atoms with E-state index in [1.54, 1.807) is 19.3 Å². The second-order valence-electron chi connectivity index (χ2n) is 2.80. The minimum absolute atomic E-state index is 0.268. The van der Waals surface area contributed by atoms with Crippen LogP contribution >= 0.6 is 23.2 Å². The van der Waals surface area contributed by atoms with Crippen molar-refractivity contribution in [3.05, 3.63) is 44.8 Å². The third kappa shape index (κ3) is 3.49. The number of nitrogens with one attached hydrogen (secondary N) is 1. The molecule has 15 heavy (non-hydrogen) atoms. The summed E-state index contributed by atoms with van der Waals surface area (Å²) in [6.45, 7) is 0. The van der Waals surface area contributed by atoms with Crippen LogP contribution in [0.15, 0.2) is 29.3 Å². The Kier molecular flexibility index (Phi) is 4.52. The van der Waals surface area contributed by atoms with Gasteiger partial charge in [0.05, 0.1) is 11.2 Å². The molecule has 1 aromatic rings. The number of pyridine rings is 1. The van der Waals surface area contributed by atoms with Crippen LogP contribution in [0.1, 0.15) is 5.56 Å². The van der Waals surface area contributed by atoms with E-state index in [2.05, 4.69) is 15.5 Å². The van der Waals surface area contributed by atoms with Gasteiger partial charge in [-0.3, -0.25) is 0 Å². The highest BCUT2D eigenvalue weighted by Gasteiger charge is 2.03. The molecule has 80 valence electrons. The van der Waals surface area contributed by atoms with Gasteiger partial charge in [0.1, 0.15) is 5.15 Å². The monoisotopic (exact) mass is 245 g/mol. The second kappa shape index (κ2) is 5.68. The first kappa shape index (κ1) is 11.9. The summed E-state index contributed by atoms with van der Waals surface area (Å²) in [6.07, 6.45) is 3.32. The zero-order chi connectivity index (χ0) is 11.3. The highest BCUT2D eigenvalue weighted by molar-refractivity contribution is 6.41. The molecule has 0 radical (unpaired) electrons. The van der Waals surface area contributed by atoms with Crippen LogP contribution in [0.2, 0.25) is 10.2 Å². The smallest absolute Gasteiger partial charge is 0.147 e. The van der Waals surface area contributed by atoms with E-state index in [0.717, 1.165) is 5.56 Å². The summed E-state index contributed by atoms with van der Waals surface area (Å²) in [5, 5.41) is 6.20. The van der Waals surface area contributed by atoms with Crippen LogP contribution in [-0.2, 0) is 6.42 Å². The van der Waals surface area contributed by atoms with Crippen molar-refractivity contribution in [2.75, 3.05) is 7.05 Å². The standard InChI is InChI=1S/C9H9Cl2N3O/c1-12-7(5-14-15)2-6-3-8(10)9(11)13-4-6/h3-5,12H,2H2,1H3/b7-5-. The van der Waals surface area contributed by atoms with Crippen LogP contribution in [0.25, 0.3) is 0 Å². The minimum atomic E-state index is 0.268. The van der Waals surface area contributed by atoms with Crippen molar-refractivity contribution in [2.24, 2.45) is 5.18 Å². The van der Waals surface area contributed by atoms with Crippen molar-refractivity contribution in [1.82, 2.24) is 10.3 Å². The number of allylic oxidation sites excluding steroid dienone is 1. The van der Waals surface area contributed by atoms with Gasteiger partial charge in [-0.05, 0) is 16.8 Å². The third-order valence-electron chi connectivity index (χ3n) is 1.78. The Morgan fingerprint density at radius 3 is 2.93 bits per heavy atom. The van der Waals surface area contributed by atoms with E-state index in [0.29, 0.717) is 17.1 Å². The Hall–Kier alpha value is -1.13. The molecule has 0 aromatic carbocycles. The van der Waals surface area contributed by atoms with Crippen LogP contribution in [-0.4, -0.2) is 12.0 Å². The molecule has 0 saturated carbocycles. The van der Waals surface area contributed by atoms with E-state index in [9.17, 15) is 4.91 Å². The number of likely N-dealkylation sites (N-methyl/N-ethyl adjacent to an activating group) is 1. The van der Waals surface area contributed by atoms with E-state index in [1.807, 2.05) is 0 Å². The lowest BCUT2D eigenvalue weighted by Gasteiger charge is -2.05. The number of hydrogen-bond donors (Lipinski definition) is 1. The van der Waals surface area contributed by atoms with Crippen LogP contribution in [0, 0.1) is 4.91 Å². The summed E-state index contributed by atoms with van der Waals surface area (Å²) in [7, 11) is 1.71. The predicted octanol–water partition coefficient (Wildman–Crippen LogP) is 2.76. The minimum Gasteiger partial charge on any atom is -0.390 e. The molecule has 0 saturated heterocycles. The fraction of sp³-hybridized carbons (Fsp3) is 0.222. The number of nitrogens with zero attached hydrogens (tertiary/aromatic N) is 2. The predicted molar refractivity (Wildman–Crippen MR) is 60.9 cm³/mol. The van der Waals surface area contributed by atoms with Gasteiger partial charge in [-0.25, -0.2) is 4.98 Å². The molecule has 4 nitrogen and oxygen atoms in total. The number of halogens is 2. The zero-order valence-electron chi connectivity index (χ0n) is 8.00. The van der Waals surface area contributed by atoms with Gasteiger partial charge < -0.3 is 5.32 Å². The molecule has 0 amide bonds. The Balaban J connectivity index is 2.84. The summed E-state index contributed by atoms with van der Waals surface area (Å²) >= 11 is 11.5. The Labute approximate surface area is 97.3 Å². The number of nitroso groups, excluding NO2 is 1. The molecule has 0 fully saturated rings. The summed E-state index contributed by atoms with van der Waals surface area (Å²) in [6, 6.07) is 1.70. The molecule has 6 heteroatoms. The molecule has 1 heterocycles. The molecule has 0 aliphatic rings. The van der Waals surface area contributed by atoms with Crippen LogP contribution in [0.5, 0.6) is 0 Å². The van der Waals surface area contributed by atoms with Gasteiger partial charge in [-0.2, -0.15) is 0 Å². The van der Waals surface area contributed by atoms with Gasteiger partial charge in [0.2, 0.25) is 0 Å². The molecule has 0 unspecified atom stereocenters. The van der Waals surface area contributed by atoms with Crippen molar-refractivity contribution in [3.8, 4) is 0 Å². The topological polar surface area (TPSA) is 54.4 Å². The average molecular weight is 246 g/mol. The lowest BCUT2D eigenvalue weighted by Crippen LogP contribution is -2.08. The van der Waals surface area contributed by atoms with Crippen molar-refractivity contribution in [2.45, 2.75) is 6.42 Å². The quantitative estimate of drug-likeness (QED) is 0.656. The van der Waals surface area contributed by atoms with Gasteiger partial charge in [-0.15, -0.1) is 4.91 Å². The first-order chi connectivity index (χ1) is 7.17. The van der Waals surface area contributed by atoms with Gasteiger partial charge >= 0.3 is 0 Å². The zero-order valence-corrected chi connectivity index (χ0v) is 9.51. The Morgan fingerprint density at radius 1 is 1.67 bits per heavy atom. The fourth-order valence-electron chi connectivity index (χ4n) is 1.04. The lowest BCUT2D eigenvalue weighted by atomic mass is 10.2. The van der Waals surface area contributed by atoms with Crippen molar-refractivity contribution < 1.29 is 0 Å². The summed E-state index contributed by atoms with van der Waals surface area (Å²) in [5.74, 6) is 0. The van der Waals surface area contributed by atoms with Gasteiger partial charge in [-0.1, -0.05) is 23.2 Å². The Bertz CT molecular complexity index is 393. The number of hydrogen-bond acceptors (Lipinski definition) is 4. The molecule has 0 aliphatic heterocycles. The molecule has 0 spiro atoms. The van der Waals surface area contributed by atoms with Crippen molar-refractivity contribution >= 4 is 23.2 Å². The van der Waals surface area contributed by atoms with Gasteiger partial charge in [0.25, 0.3) is 0 Å². The molecule has 1 aromatic heterocycles. The molecular weight excluding hydrogens is 237 g/mol. The maximum atomic E-state index is 10.1. The van der Waals surface area contributed by atoms with E-state index < -0.39 is 0 Å². The van der Waals surface area contributed by atoms with Gasteiger partial charge in [0, 0.05) is 25.4 Å². The normalized spacial score (nSPS) is 11.3. The summed E-state index contributed by atoms with van der Waals surface area (Å²) < 4.78 is 0. The first-order valence-corrected chi connectivity index (χ1v) is 4.92. The number of rotatable bonds is 4. The van der Waals surface area contributed by atoms with Crippen LogP contribution in [0.4, 0.5) is 0 Å². The highest BCUT2D eigenvalue weighted by atomic mass is 35.5. The molecule has 0 atom stereocenters. The van der Waals surface area contributed by atoms with E-state index in [1.165, 1.54) is 6.20 Å². The number of aromatic nitrogens is 1. The van der Waals surface area contributed by atoms with Crippen molar-refractivity contribution in [3.63, 3.8) is 0 Å². The molecule has 1 N–H and O–H groups in total. The fourth-order valence-corrected chi connectivity index (χ4v) is 1.33. The Morgan fingerprint density at radius 2 is 2.40 bits per heavy atom. The lowest BCUT2D eigenvalue weighted by molar-refractivity contribution is 0.908. The van der Waals surface area contributed by atoms with Crippen LogP contribution in [0.3, 0.4) is 0 Å². The molecule has 0 bridgehead atoms. The summed E-state index contributed by atoms with van der Waals surface area (Å²) in [5.41, 5.74) is 1.54. The highest BCUT2D eigenvalue weighted by Crippen LogP contribution is 2.20. The second-order valence-corrected chi connectivity index (χ2v) is 3.57. The molecule has 1 rings (SSSR count). The van der Waals surface area contributed by atoms with E-state index in [-0.39, 0.29) is 5.15 Å². The third-order valence-corrected chi connectivity index (χ3v) is 2.46.